The van der Waals surface area contributed by atoms with Crippen LogP contribution in [-0.4, -0.2) is 40.0 Å². The summed E-state index contributed by atoms with van der Waals surface area (Å²) in [6.45, 7) is 1.27. The summed E-state index contributed by atoms with van der Waals surface area (Å²) in [5.74, 6) is 0.607. The molecule has 0 spiro atoms. The van der Waals surface area contributed by atoms with Crippen molar-refractivity contribution in [2.75, 3.05) is 13.1 Å². The van der Waals surface area contributed by atoms with E-state index in [1.807, 2.05) is 47.4 Å². The van der Waals surface area contributed by atoms with Crippen LogP contribution in [0, 0.1) is 0 Å². The molecule has 0 radical (unpaired) electrons. The Morgan fingerprint density at radius 3 is 2.88 bits per heavy atom. The fourth-order valence-electron chi connectivity index (χ4n) is 3.11. The molecule has 0 N–H and O–H groups in total. The second-order valence-corrected chi connectivity index (χ2v) is 5.85. The highest BCUT2D eigenvalue weighted by molar-refractivity contribution is 6.07. The standard InChI is InChI=1S/C19H17N3O2/c23-19(17-7-3-5-14-4-1-2-6-16(14)17)22-11-9-15(12-22)24-18-8-10-20-13-21-18/h1-8,10,13,15H,9,11-12H2/t15-/m0/s1. The van der Waals surface area contributed by atoms with Gasteiger partial charge >= 0.3 is 0 Å². The van der Waals surface area contributed by atoms with Gasteiger partial charge < -0.3 is 9.64 Å². The first kappa shape index (κ1) is 14.6. The van der Waals surface area contributed by atoms with Gasteiger partial charge in [0.05, 0.1) is 6.54 Å². The zero-order valence-electron chi connectivity index (χ0n) is 13.1. The normalized spacial score (nSPS) is 17.2. The molecule has 0 unspecified atom stereocenters. The van der Waals surface area contributed by atoms with Crippen LogP contribution < -0.4 is 4.74 Å². The number of carbonyl (C=O) groups excluding carboxylic acids is 1. The van der Waals surface area contributed by atoms with E-state index in [1.165, 1.54) is 6.33 Å². The minimum absolute atomic E-state index is 0.0289. The van der Waals surface area contributed by atoms with E-state index in [4.69, 9.17) is 4.74 Å². The number of nitrogens with zero attached hydrogens (tertiary/aromatic N) is 3. The summed E-state index contributed by atoms with van der Waals surface area (Å²) in [6, 6.07) is 15.5. The first-order chi connectivity index (χ1) is 11.8. The number of hydrogen-bond acceptors (Lipinski definition) is 4. The number of aromatic nitrogens is 2. The summed E-state index contributed by atoms with van der Waals surface area (Å²) in [5, 5.41) is 2.07. The second kappa shape index (κ2) is 6.28. The van der Waals surface area contributed by atoms with Crippen molar-refractivity contribution in [1.82, 2.24) is 14.9 Å². The third-order valence-electron chi connectivity index (χ3n) is 4.29. The predicted octanol–water partition coefficient (Wildman–Crippen LogP) is 2.92. The molecule has 0 aliphatic carbocycles. The van der Waals surface area contributed by atoms with Gasteiger partial charge in [0.1, 0.15) is 12.4 Å². The minimum Gasteiger partial charge on any atom is -0.472 e. The second-order valence-electron chi connectivity index (χ2n) is 5.85. The SMILES string of the molecule is O=C(c1cccc2ccccc12)N1CC[C@H](Oc2ccncn2)C1. The molecule has 1 amide bonds. The number of rotatable bonds is 3. The summed E-state index contributed by atoms with van der Waals surface area (Å²) in [5.41, 5.74) is 0.746. The summed E-state index contributed by atoms with van der Waals surface area (Å²) >= 11 is 0. The molecule has 1 saturated heterocycles. The molecule has 5 heteroatoms. The monoisotopic (exact) mass is 319 g/mol. The molecule has 1 atom stereocenters. The molecule has 0 saturated carbocycles. The van der Waals surface area contributed by atoms with Gasteiger partial charge in [-0.1, -0.05) is 36.4 Å². The van der Waals surface area contributed by atoms with Gasteiger partial charge in [-0.15, -0.1) is 0 Å². The zero-order chi connectivity index (χ0) is 16.4. The Kier molecular flexibility index (Phi) is 3.83. The number of amides is 1. The van der Waals surface area contributed by atoms with E-state index in [0.29, 0.717) is 19.0 Å². The van der Waals surface area contributed by atoms with Crippen LogP contribution in [-0.2, 0) is 0 Å². The van der Waals surface area contributed by atoms with E-state index >= 15 is 0 Å². The Morgan fingerprint density at radius 1 is 1.12 bits per heavy atom. The van der Waals surface area contributed by atoms with Crippen molar-refractivity contribution in [2.45, 2.75) is 12.5 Å². The molecule has 2 heterocycles. The van der Waals surface area contributed by atoms with Crippen molar-refractivity contribution in [3.8, 4) is 5.88 Å². The van der Waals surface area contributed by atoms with Crippen molar-refractivity contribution in [2.24, 2.45) is 0 Å². The molecule has 120 valence electrons. The highest BCUT2D eigenvalue weighted by Gasteiger charge is 2.29. The van der Waals surface area contributed by atoms with Gasteiger partial charge in [0.2, 0.25) is 5.88 Å². The van der Waals surface area contributed by atoms with Crippen LogP contribution in [0.25, 0.3) is 10.8 Å². The first-order valence-electron chi connectivity index (χ1n) is 8.01. The highest BCUT2D eigenvalue weighted by atomic mass is 16.5. The molecule has 1 aromatic heterocycles. The van der Waals surface area contributed by atoms with Crippen molar-refractivity contribution in [3.63, 3.8) is 0 Å². The summed E-state index contributed by atoms with van der Waals surface area (Å²) in [6.07, 6.45) is 3.89. The van der Waals surface area contributed by atoms with Crippen LogP contribution in [0.3, 0.4) is 0 Å². The Labute approximate surface area is 139 Å². The van der Waals surface area contributed by atoms with Gasteiger partial charge in [0, 0.05) is 30.8 Å². The topological polar surface area (TPSA) is 55.3 Å². The maximum Gasteiger partial charge on any atom is 0.254 e. The minimum atomic E-state index is -0.0289. The van der Waals surface area contributed by atoms with E-state index in [0.717, 1.165) is 22.8 Å². The van der Waals surface area contributed by atoms with Gasteiger partial charge in [0.15, 0.2) is 0 Å². The lowest BCUT2D eigenvalue weighted by Gasteiger charge is -2.18. The van der Waals surface area contributed by atoms with Crippen molar-refractivity contribution < 1.29 is 9.53 Å². The summed E-state index contributed by atoms with van der Waals surface area (Å²) in [4.78, 5) is 22.7. The van der Waals surface area contributed by atoms with Crippen LogP contribution in [0.1, 0.15) is 16.8 Å². The molecular formula is C19H17N3O2. The number of likely N-dealkylation sites (tertiary alicyclic amines) is 1. The van der Waals surface area contributed by atoms with Crippen LogP contribution in [0.2, 0.25) is 0 Å². The lowest BCUT2D eigenvalue weighted by atomic mass is 10.0. The quantitative estimate of drug-likeness (QED) is 0.745. The molecule has 0 bridgehead atoms. The van der Waals surface area contributed by atoms with E-state index in [9.17, 15) is 4.79 Å². The van der Waals surface area contributed by atoms with Crippen LogP contribution in [0.15, 0.2) is 61.1 Å². The molecule has 24 heavy (non-hydrogen) atoms. The van der Waals surface area contributed by atoms with Gasteiger partial charge in [0.25, 0.3) is 5.91 Å². The lowest BCUT2D eigenvalue weighted by Crippen LogP contribution is -2.31. The molecule has 4 rings (SSSR count). The number of fused-ring (bicyclic) bond motifs is 1. The average Bonchev–Trinajstić information content (AvgIpc) is 3.10. The fourth-order valence-corrected chi connectivity index (χ4v) is 3.11. The Balaban J connectivity index is 1.51. The molecule has 1 aliphatic heterocycles. The van der Waals surface area contributed by atoms with E-state index in [-0.39, 0.29) is 12.0 Å². The van der Waals surface area contributed by atoms with Crippen LogP contribution in [0.4, 0.5) is 0 Å². The fraction of sp³-hybridized carbons (Fsp3) is 0.211. The molecule has 1 fully saturated rings. The zero-order valence-corrected chi connectivity index (χ0v) is 13.1. The molecule has 1 aliphatic rings. The van der Waals surface area contributed by atoms with Crippen molar-refractivity contribution in [3.05, 3.63) is 66.6 Å². The van der Waals surface area contributed by atoms with E-state index in [1.54, 1.807) is 12.3 Å². The average molecular weight is 319 g/mol. The molecular weight excluding hydrogens is 302 g/mol. The lowest BCUT2D eigenvalue weighted by molar-refractivity contribution is 0.0773. The first-order valence-corrected chi connectivity index (χ1v) is 8.01. The Morgan fingerprint density at radius 2 is 2.00 bits per heavy atom. The van der Waals surface area contributed by atoms with Crippen molar-refractivity contribution in [1.29, 1.82) is 0 Å². The Hall–Kier alpha value is -2.95. The maximum atomic E-state index is 12.9. The third-order valence-corrected chi connectivity index (χ3v) is 4.29. The number of benzene rings is 2. The Bertz CT molecular complexity index is 861. The van der Waals surface area contributed by atoms with Crippen LogP contribution >= 0.6 is 0 Å². The summed E-state index contributed by atoms with van der Waals surface area (Å²) < 4.78 is 5.83. The third kappa shape index (κ3) is 2.80. The number of carbonyl (C=O) groups is 1. The number of ether oxygens (including phenoxy) is 1. The van der Waals surface area contributed by atoms with Gasteiger partial charge in [-0.3, -0.25) is 4.79 Å². The highest BCUT2D eigenvalue weighted by Crippen LogP contribution is 2.23. The van der Waals surface area contributed by atoms with Gasteiger partial charge in [-0.2, -0.15) is 0 Å². The van der Waals surface area contributed by atoms with Gasteiger partial charge in [-0.25, -0.2) is 9.97 Å². The predicted molar refractivity (Wildman–Crippen MR) is 90.9 cm³/mol. The molecule has 5 nitrogen and oxygen atoms in total. The van der Waals surface area contributed by atoms with E-state index < -0.39 is 0 Å². The summed E-state index contributed by atoms with van der Waals surface area (Å²) in [7, 11) is 0. The maximum absolute atomic E-state index is 12.9. The van der Waals surface area contributed by atoms with Crippen molar-refractivity contribution >= 4 is 16.7 Å². The van der Waals surface area contributed by atoms with Crippen LogP contribution in [0.5, 0.6) is 5.88 Å². The molecule has 2 aromatic carbocycles. The largest absolute Gasteiger partial charge is 0.472 e. The number of hydrogen-bond donors (Lipinski definition) is 0. The molecule has 3 aromatic rings. The van der Waals surface area contributed by atoms with Gasteiger partial charge in [-0.05, 0) is 16.8 Å². The smallest absolute Gasteiger partial charge is 0.254 e. The van der Waals surface area contributed by atoms with E-state index in [2.05, 4.69) is 9.97 Å².